The van der Waals surface area contributed by atoms with Crippen molar-refractivity contribution in [3.63, 3.8) is 0 Å². The Hall–Kier alpha value is -6.97. The van der Waals surface area contributed by atoms with Gasteiger partial charge in [0.25, 0.3) is 0 Å². The van der Waals surface area contributed by atoms with E-state index in [-0.39, 0.29) is 0 Å². The minimum absolute atomic E-state index is 0.577. The van der Waals surface area contributed by atoms with Crippen LogP contribution in [0.2, 0.25) is 0 Å². The van der Waals surface area contributed by atoms with Gasteiger partial charge in [-0.2, -0.15) is 0 Å². The minimum Gasteiger partial charge on any atom is -0.264 e. The Kier molecular flexibility index (Phi) is 7.36. The summed E-state index contributed by atoms with van der Waals surface area (Å²) in [4.78, 5) is 14.8. The average Bonchev–Trinajstić information content (AvgIpc) is 3.54. The van der Waals surface area contributed by atoms with Crippen LogP contribution in [0.15, 0.2) is 200 Å². The molecule has 0 spiro atoms. The fourth-order valence-electron chi connectivity index (χ4n) is 8.20. The van der Waals surface area contributed by atoms with Crippen LogP contribution in [-0.2, 0) is 5.41 Å². The van der Waals surface area contributed by atoms with Gasteiger partial charge in [-0.3, -0.25) is 4.98 Å². The molecule has 1 aliphatic carbocycles. The van der Waals surface area contributed by atoms with Gasteiger partial charge in [-0.1, -0.05) is 158 Å². The van der Waals surface area contributed by atoms with Gasteiger partial charge >= 0.3 is 0 Å². The van der Waals surface area contributed by atoms with E-state index in [4.69, 9.17) is 9.97 Å². The van der Waals surface area contributed by atoms with Gasteiger partial charge in [0.05, 0.1) is 27.8 Å². The molecule has 9 aromatic rings. The molecule has 0 N–H and O–H groups in total. The van der Waals surface area contributed by atoms with Gasteiger partial charge in [0.2, 0.25) is 0 Å². The summed E-state index contributed by atoms with van der Waals surface area (Å²) >= 11 is 0. The number of pyridine rings is 1. The monoisotopic (exact) mass is 675 g/mol. The number of rotatable bonds is 6. The number of hydrogen-bond donors (Lipinski definition) is 0. The molecule has 0 saturated heterocycles. The third kappa shape index (κ3) is 5.09. The first-order valence-electron chi connectivity index (χ1n) is 18.0. The summed E-state index contributed by atoms with van der Waals surface area (Å²) in [6, 6.07) is 67.3. The Morgan fingerprint density at radius 3 is 1.36 bits per heavy atom. The van der Waals surface area contributed by atoms with E-state index in [0.29, 0.717) is 0 Å². The van der Waals surface area contributed by atoms with Crippen LogP contribution < -0.4 is 0 Å². The zero-order valence-electron chi connectivity index (χ0n) is 28.9. The van der Waals surface area contributed by atoms with Gasteiger partial charge < -0.3 is 0 Å². The van der Waals surface area contributed by atoms with Crippen molar-refractivity contribution in [2.24, 2.45) is 0 Å². The summed E-state index contributed by atoms with van der Waals surface area (Å²) in [6.07, 6.45) is 3.72. The third-order valence-electron chi connectivity index (χ3n) is 10.7. The van der Waals surface area contributed by atoms with E-state index in [9.17, 15) is 0 Å². The van der Waals surface area contributed by atoms with Crippen molar-refractivity contribution in [1.82, 2.24) is 15.0 Å². The van der Waals surface area contributed by atoms with Crippen LogP contribution in [0, 0.1) is 0 Å². The molecule has 1 aliphatic rings. The molecule has 0 unspecified atom stereocenters. The Balaban J connectivity index is 1.22. The van der Waals surface area contributed by atoms with E-state index in [2.05, 4.69) is 157 Å². The summed E-state index contributed by atoms with van der Waals surface area (Å²) in [7, 11) is 0. The highest BCUT2D eigenvalue weighted by atomic mass is 14.8. The summed E-state index contributed by atoms with van der Waals surface area (Å²) < 4.78 is 0. The first-order valence-corrected chi connectivity index (χ1v) is 18.0. The highest BCUT2D eigenvalue weighted by Gasteiger charge is 2.46. The lowest BCUT2D eigenvalue weighted by atomic mass is 9.67. The van der Waals surface area contributed by atoms with Crippen LogP contribution in [0.1, 0.15) is 22.3 Å². The van der Waals surface area contributed by atoms with Crippen LogP contribution in [0.5, 0.6) is 0 Å². The molecule has 2 aromatic heterocycles. The van der Waals surface area contributed by atoms with Crippen molar-refractivity contribution in [1.29, 1.82) is 0 Å². The van der Waals surface area contributed by atoms with Crippen LogP contribution in [0.3, 0.4) is 0 Å². The molecule has 7 aromatic carbocycles. The second kappa shape index (κ2) is 12.7. The lowest BCUT2D eigenvalue weighted by molar-refractivity contribution is 0.769. The summed E-state index contributed by atoms with van der Waals surface area (Å²) in [5, 5.41) is 0. The molecule has 0 bridgehead atoms. The standard InChI is InChI=1S/C50H33N3/c1-4-13-36(14-5-1)48-49(53-47-21-11-10-20-46(47)52-48)38-27-29-43-42-28-26-37(34-22-24-35(25-23-34)39-15-12-30-51-33-39)31-44(42)50(45(43)32-38,40-16-6-2-7-17-40)41-18-8-3-9-19-41/h1-33H. The number of hydrogen-bond acceptors (Lipinski definition) is 3. The molecule has 3 nitrogen and oxygen atoms in total. The second-order valence-electron chi connectivity index (χ2n) is 13.6. The smallest absolute Gasteiger partial charge is 0.0973 e. The molecule has 0 aliphatic heterocycles. The predicted octanol–water partition coefficient (Wildman–Crippen LogP) is 12.1. The fourth-order valence-corrected chi connectivity index (χ4v) is 8.20. The van der Waals surface area contributed by atoms with Crippen LogP contribution in [0.4, 0.5) is 0 Å². The van der Waals surface area contributed by atoms with E-state index >= 15 is 0 Å². The maximum absolute atomic E-state index is 5.31. The van der Waals surface area contributed by atoms with Gasteiger partial charge in [-0.25, -0.2) is 9.97 Å². The Labute approximate surface area is 309 Å². The molecule has 2 heterocycles. The molecule has 0 atom stereocenters. The highest BCUT2D eigenvalue weighted by molar-refractivity contribution is 5.92. The zero-order valence-corrected chi connectivity index (χ0v) is 28.9. The van der Waals surface area contributed by atoms with Crippen molar-refractivity contribution < 1.29 is 0 Å². The first-order chi connectivity index (χ1) is 26.3. The molecule has 0 saturated carbocycles. The van der Waals surface area contributed by atoms with E-state index in [1.807, 2.05) is 48.8 Å². The molecule has 10 rings (SSSR count). The normalized spacial score (nSPS) is 12.7. The Bertz CT molecular complexity index is 2700. The summed E-state index contributed by atoms with van der Waals surface area (Å²) in [5.74, 6) is 0. The van der Waals surface area contributed by atoms with Crippen LogP contribution >= 0.6 is 0 Å². The number of benzene rings is 7. The first kappa shape index (κ1) is 30.8. The lowest BCUT2D eigenvalue weighted by Gasteiger charge is -2.34. The van der Waals surface area contributed by atoms with E-state index in [1.54, 1.807) is 0 Å². The molecule has 53 heavy (non-hydrogen) atoms. The van der Waals surface area contributed by atoms with Crippen molar-refractivity contribution in [2.75, 3.05) is 0 Å². The van der Waals surface area contributed by atoms with E-state index in [1.165, 1.54) is 44.5 Å². The van der Waals surface area contributed by atoms with Gasteiger partial charge in [0.15, 0.2) is 0 Å². The van der Waals surface area contributed by atoms with Gasteiger partial charge in [0, 0.05) is 23.5 Å². The SMILES string of the molecule is c1ccc(-c2nc3ccccc3nc2-c2ccc3c(c2)C(c2ccccc2)(c2ccccc2)c2cc(-c4ccc(-c5cccnc5)cc4)ccc2-3)cc1. The third-order valence-corrected chi connectivity index (χ3v) is 10.7. The Morgan fingerprint density at radius 1 is 0.340 bits per heavy atom. The highest BCUT2D eigenvalue weighted by Crippen LogP contribution is 2.57. The summed E-state index contributed by atoms with van der Waals surface area (Å²) in [5.41, 5.74) is 17.0. The molecular weight excluding hydrogens is 643 g/mol. The molecule has 3 heteroatoms. The van der Waals surface area contributed by atoms with Crippen LogP contribution in [-0.4, -0.2) is 15.0 Å². The summed E-state index contributed by atoms with van der Waals surface area (Å²) in [6.45, 7) is 0. The van der Waals surface area contributed by atoms with Crippen LogP contribution in [0.25, 0.3) is 66.9 Å². The van der Waals surface area contributed by atoms with E-state index < -0.39 is 5.41 Å². The number of aromatic nitrogens is 3. The molecule has 0 amide bonds. The maximum atomic E-state index is 5.31. The van der Waals surface area contributed by atoms with Crippen molar-refractivity contribution in [3.8, 4) is 55.9 Å². The average molecular weight is 676 g/mol. The van der Waals surface area contributed by atoms with Gasteiger partial charge in [-0.05, 0) is 86.0 Å². The van der Waals surface area contributed by atoms with Crippen molar-refractivity contribution in [2.45, 2.75) is 5.41 Å². The topological polar surface area (TPSA) is 38.7 Å². The predicted molar refractivity (Wildman–Crippen MR) is 216 cm³/mol. The minimum atomic E-state index is -0.577. The largest absolute Gasteiger partial charge is 0.264 e. The second-order valence-corrected chi connectivity index (χ2v) is 13.6. The molecule has 248 valence electrons. The molecular formula is C50H33N3. The van der Waals surface area contributed by atoms with E-state index in [0.717, 1.165) is 44.7 Å². The van der Waals surface area contributed by atoms with Gasteiger partial charge in [0.1, 0.15) is 0 Å². The molecule has 0 radical (unpaired) electrons. The van der Waals surface area contributed by atoms with Crippen molar-refractivity contribution >= 4 is 11.0 Å². The van der Waals surface area contributed by atoms with Crippen molar-refractivity contribution in [3.05, 3.63) is 223 Å². The number of para-hydroxylation sites is 2. The maximum Gasteiger partial charge on any atom is 0.0973 e. The number of fused-ring (bicyclic) bond motifs is 4. The zero-order chi connectivity index (χ0) is 35.2. The lowest BCUT2D eigenvalue weighted by Crippen LogP contribution is -2.28. The fraction of sp³-hybridized carbons (Fsp3) is 0.0200. The Morgan fingerprint density at radius 2 is 0.792 bits per heavy atom. The number of nitrogens with zero attached hydrogens (tertiary/aromatic N) is 3. The quantitative estimate of drug-likeness (QED) is 0.176. The molecule has 0 fully saturated rings. The van der Waals surface area contributed by atoms with Gasteiger partial charge in [-0.15, -0.1) is 0 Å².